The van der Waals surface area contributed by atoms with Crippen molar-refractivity contribution in [2.45, 2.75) is 39.7 Å². The Kier molecular flexibility index (Phi) is 7.11. The topological polar surface area (TPSA) is 69.6 Å². The van der Waals surface area contributed by atoms with Crippen LogP contribution < -0.4 is 10.2 Å². The molecule has 1 heterocycles. The lowest BCUT2D eigenvalue weighted by Gasteiger charge is -2.24. The van der Waals surface area contributed by atoms with Gasteiger partial charge in [-0.2, -0.15) is 0 Å². The van der Waals surface area contributed by atoms with Crippen LogP contribution in [-0.4, -0.2) is 23.5 Å². The highest BCUT2D eigenvalue weighted by Gasteiger charge is 2.27. The van der Waals surface area contributed by atoms with Crippen molar-refractivity contribution >= 4 is 23.2 Å². The van der Waals surface area contributed by atoms with Crippen LogP contribution >= 0.6 is 0 Å². The summed E-state index contributed by atoms with van der Waals surface area (Å²) < 4.78 is 0. The number of aryl methyl sites for hydroxylation is 2. The van der Waals surface area contributed by atoms with Crippen LogP contribution in [0.1, 0.15) is 52.9 Å². The first kappa shape index (κ1) is 23.2. The Hall–Kier alpha value is -3.44. The number of aliphatic hydroxyl groups excluding tert-OH is 1. The van der Waals surface area contributed by atoms with Crippen LogP contribution in [0.15, 0.2) is 72.9 Å². The third-order valence-corrected chi connectivity index (χ3v) is 5.64. The van der Waals surface area contributed by atoms with Crippen LogP contribution in [0.5, 0.6) is 0 Å². The van der Waals surface area contributed by atoms with Crippen molar-refractivity contribution in [1.29, 1.82) is 0 Å². The molecule has 166 valence electrons. The van der Waals surface area contributed by atoms with Crippen LogP contribution in [-0.2, 0) is 4.79 Å². The predicted octanol–water partition coefficient (Wildman–Crippen LogP) is 5.40. The van der Waals surface area contributed by atoms with E-state index < -0.39 is 6.10 Å². The molecule has 3 rings (SSSR count). The number of rotatable bonds is 5. The number of aliphatic hydroxyl groups is 1. The molecule has 0 saturated carbocycles. The number of carbonyl (C=O) groups is 2. The van der Waals surface area contributed by atoms with Gasteiger partial charge < -0.3 is 15.3 Å². The normalized spacial score (nSPS) is 16.1. The van der Waals surface area contributed by atoms with Gasteiger partial charge in [0.1, 0.15) is 0 Å². The second-order valence-corrected chi connectivity index (χ2v) is 8.26. The summed E-state index contributed by atoms with van der Waals surface area (Å²) in [6, 6.07) is 11.1. The van der Waals surface area contributed by atoms with Gasteiger partial charge in [-0.05, 0) is 75.1 Å². The van der Waals surface area contributed by atoms with E-state index in [1.54, 1.807) is 42.2 Å². The van der Waals surface area contributed by atoms with Gasteiger partial charge >= 0.3 is 0 Å². The highest BCUT2D eigenvalue weighted by molar-refractivity contribution is 6.09. The summed E-state index contributed by atoms with van der Waals surface area (Å²) in [5.41, 5.74) is 5.61. The molecular weight excluding hydrogens is 400 g/mol. The maximum Gasteiger partial charge on any atom is 0.258 e. The first-order valence-electron chi connectivity index (χ1n) is 10.7. The Bertz CT molecular complexity index is 1110. The van der Waals surface area contributed by atoms with Gasteiger partial charge in [-0.15, -0.1) is 0 Å². The van der Waals surface area contributed by atoms with Crippen LogP contribution in [0.3, 0.4) is 0 Å². The molecule has 32 heavy (non-hydrogen) atoms. The molecule has 2 aromatic rings. The first-order chi connectivity index (χ1) is 15.2. The maximum absolute atomic E-state index is 13.5. The number of nitrogens with zero attached hydrogens (tertiary/aromatic N) is 1. The fourth-order valence-electron chi connectivity index (χ4n) is 3.97. The molecule has 0 spiro atoms. The molecule has 5 heteroatoms. The number of hydrogen-bond acceptors (Lipinski definition) is 3. The number of hydrogen-bond donors (Lipinski definition) is 2. The Morgan fingerprint density at radius 2 is 1.94 bits per heavy atom. The average molecular weight is 431 g/mol. The fraction of sp³-hybridized carbons (Fsp3) is 0.259. The second-order valence-electron chi connectivity index (χ2n) is 8.26. The number of anilines is 2. The molecular formula is C27H30N2O3. The summed E-state index contributed by atoms with van der Waals surface area (Å²) in [5, 5.41) is 13.4. The lowest BCUT2D eigenvalue weighted by molar-refractivity contribution is -0.112. The van der Waals surface area contributed by atoms with Crippen molar-refractivity contribution in [3.8, 4) is 0 Å². The number of fused-ring (bicyclic) bond motifs is 1. The maximum atomic E-state index is 13.5. The molecule has 0 fully saturated rings. The SMILES string of the molecule is C=C/C=C(\C(=C)C)C(=O)Nc1ccc(C(=O)N2CCCC(O)c3cc(C)ccc32)c(C)c1. The molecule has 1 aliphatic rings. The molecule has 1 unspecified atom stereocenters. The standard InChI is InChI=1S/C27H30N2O3/c1-6-8-21(17(2)3)26(31)28-20-11-12-22(19(5)16-20)27(32)29-14-7-9-25(30)23-15-18(4)10-13-24(23)29/h6,8,10-13,15-16,25,30H,1-2,7,9,14H2,3-5H3,(H,28,31)/b21-8+. The predicted molar refractivity (Wildman–Crippen MR) is 130 cm³/mol. The van der Waals surface area contributed by atoms with Gasteiger partial charge in [0.15, 0.2) is 0 Å². The van der Waals surface area contributed by atoms with Crippen molar-refractivity contribution in [2.24, 2.45) is 0 Å². The average Bonchev–Trinajstić information content (AvgIpc) is 2.90. The van der Waals surface area contributed by atoms with E-state index in [1.165, 1.54) is 0 Å². The minimum absolute atomic E-state index is 0.117. The molecule has 2 amide bonds. The summed E-state index contributed by atoms with van der Waals surface area (Å²) in [7, 11) is 0. The van der Waals surface area contributed by atoms with Crippen LogP contribution in [0, 0.1) is 13.8 Å². The van der Waals surface area contributed by atoms with Crippen molar-refractivity contribution in [3.05, 3.63) is 95.1 Å². The van der Waals surface area contributed by atoms with Crippen LogP contribution in [0.2, 0.25) is 0 Å². The van der Waals surface area contributed by atoms with Gasteiger partial charge in [0.05, 0.1) is 6.10 Å². The second kappa shape index (κ2) is 9.79. The number of amides is 2. The van der Waals surface area contributed by atoms with E-state index in [4.69, 9.17) is 0 Å². The van der Waals surface area contributed by atoms with E-state index in [1.807, 2.05) is 32.0 Å². The molecule has 1 atom stereocenters. The van der Waals surface area contributed by atoms with E-state index >= 15 is 0 Å². The largest absolute Gasteiger partial charge is 0.388 e. The van der Waals surface area contributed by atoms with Gasteiger partial charge in [-0.3, -0.25) is 9.59 Å². The van der Waals surface area contributed by atoms with Crippen molar-refractivity contribution in [2.75, 3.05) is 16.8 Å². The molecule has 0 radical (unpaired) electrons. The van der Waals surface area contributed by atoms with Gasteiger partial charge in [-0.1, -0.05) is 36.9 Å². The number of allylic oxidation sites excluding steroid dienone is 2. The molecule has 0 aliphatic carbocycles. The number of nitrogens with one attached hydrogen (secondary N) is 1. The summed E-state index contributed by atoms with van der Waals surface area (Å²) >= 11 is 0. The zero-order valence-electron chi connectivity index (χ0n) is 18.9. The van der Waals surface area contributed by atoms with Crippen molar-refractivity contribution < 1.29 is 14.7 Å². The van der Waals surface area contributed by atoms with E-state index in [2.05, 4.69) is 18.5 Å². The third kappa shape index (κ3) is 4.89. The van der Waals surface area contributed by atoms with Crippen LogP contribution in [0.25, 0.3) is 0 Å². The van der Waals surface area contributed by atoms with Crippen LogP contribution in [0.4, 0.5) is 11.4 Å². The summed E-state index contributed by atoms with van der Waals surface area (Å²) in [4.78, 5) is 27.8. The lowest BCUT2D eigenvalue weighted by Crippen LogP contribution is -2.32. The van der Waals surface area contributed by atoms with Gasteiger partial charge in [0, 0.05) is 34.6 Å². The fourth-order valence-corrected chi connectivity index (χ4v) is 3.97. The van der Waals surface area contributed by atoms with E-state index in [9.17, 15) is 14.7 Å². The lowest BCUT2D eigenvalue weighted by atomic mass is 10.0. The molecule has 0 aromatic heterocycles. The quantitative estimate of drug-likeness (QED) is 0.493. The van der Waals surface area contributed by atoms with E-state index in [0.717, 1.165) is 22.4 Å². The van der Waals surface area contributed by atoms with Gasteiger partial charge in [0.2, 0.25) is 0 Å². The highest BCUT2D eigenvalue weighted by atomic mass is 16.3. The number of carbonyl (C=O) groups excluding carboxylic acids is 2. The summed E-state index contributed by atoms with van der Waals surface area (Å²) in [6.45, 7) is 13.6. The highest BCUT2D eigenvalue weighted by Crippen LogP contribution is 2.35. The zero-order chi connectivity index (χ0) is 23.4. The molecule has 0 saturated heterocycles. The van der Waals surface area contributed by atoms with E-state index in [-0.39, 0.29) is 11.8 Å². The van der Waals surface area contributed by atoms with Gasteiger partial charge in [-0.25, -0.2) is 0 Å². The smallest absolute Gasteiger partial charge is 0.258 e. The molecule has 2 aromatic carbocycles. The van der Waals surface area contributed by atoms with E-state index in [0.29, 0.717) is 41.8 Å². The molecule has 5 nitrogen and oxygen atoms in total. The minimum Gasteiger partial charge on any atom is -0.388 e. The van der Waals surface area contributed by atoms with Gasteiger partial charge in [0.25, 0.3) is 11.8 Å². The molecule has 0 bridgehead atoms. The minimum atomic E-state index is -0.576. The Labute approximate surface area is 189 Å². The number of benzene rings is 2. The van der Waals surface area contributed by atoms with Crippen molar-refractivity contribution in [1.82, 2.24) is 0 Å². The molecule has 1 aliphatic heterocycles. The first-order valence-corrected chi connectivity index (χ1v) is 10.7. The monoisotopic (exact) mass is 430 g/mol. The Morgan fingerprint density at radius 3 is 2.59 bits per heavy atom. The van der Waals surface area contributed by atoms with Crippen molar-refractivity contribution in [3.63, 3.8) is 0 Å². The summed E-state index contributed by atoms with van der Waals surface area (Å²) in [5.74, 6) is -0.393. The zero-order valence-corrected chi connectivity index (χ0v) is 18.9. The molecule has 2 N–H and O–H groups in total. The Balaban J connectivity index is 1.88. The Morgan fingerprint density at radius 1 is 1.19 bits per heavy atom. The third-order valence-electron chi connectivity index (χ3n) is 5.64. The summed E-state index contributed by atoms with van der Waals surface area (Å²) in [6.07, 6.45) is 3.93.